The zero-order chi connectivity index (χ0) is 29.3. The third-order valence-electron chi connectivity index (χ3n) is 7.00. The van der Waals surface area contributed by atoms with Crippen LogP contribution in [0.1, 0.15) is 25.3 Å². The van der Waals surface area contributed by atoms with Crippen LogP contribution in [0, 0.1) is 23.0 Å². The van der Waals surface area contributed by atoms with Gasteiger partial charge in [0.2, 0.25) is 0 Å². The van der Waals surface area contributed by atoms with Crippen molar-refractivity contribution in [1.82, 2.24) is 20.2 Å². The number of nitrogen functional groups attached to an aromatic ring is 1. The molecule has 0 saturated carbocycles. The summed E-state index contributed by atoms with van der Waals surface area (Å²) in [5.74, 6) is -0.772. The standard InChI is InChI=1S/C28H27ClF3N7OS/c1-3-35-14(2)36-27-17-11-19(29)22(16-6-7-20(31)25-21(16)18(12-33)26(34)41-25)23(32)24(17)37-28(38-27)40-13-15-5-4-9-39(15)10-8-30/h6-7,11,15,35H,2-5,8-10,13,34H2,1H3,(H,36,37,38). The molecule has 4 aromatic rings. The van der Waals surface area contributed by atoms with Crippen molar-refractivity contribution in [2.75, 3.05) is 44.0 Å². The van der Waals surface area contributed by atoms with Crippen LogP contribution < -0.4 is 21.1 Å². The molecule has 1 unspecified atom stereocenters. The van der Waals surface area contributed by atoms with Gasteiger partial charge >= 0.3 is 6.01 Å². The van der Waals surface area contributed by atoms with Gasteiger partial charge in [-0.05, 0) is 44.0 Å². The van der Waals surface area contributed by atoms with Gasteiger partial charge in [-0.2, -0.15) is 15.2 Å². The van der Waals surface area contributed by atoms with Gasteiger partial charge in [0.15, 0.2) is 5.82 Å². The second-order valence-electron chi connectivity index (χ2n) is 9.52. The molecule has 1 aliphatic heterocycles. The fraction of sp³-hybridized carbons (Fsp3) is 0.321. The molecule has 13 heteroatoms. The predicted octanol–water partition coefficient (Wildman–Crippen LogP) is 6.20. The summed E-state index contributed by atoms with van der Waals surface area (Å²) in [5, 5.41) is 16.3. The summed E-state index contributed by atoms with van der Waals surface area (Å²) in [6.45, 7) is 7.20. The number of nitrogens with one attached hydrogen (secondary N) is 2. The number of aromatic nitrogens is 2. The summed E-state index contributed by atoms with van der Waals surface area (Å²) >= 11 is 7.56. The Balaban J connectivity index is 1.66. The summed E-state index contributed by atoms with van der Waals surface area (Å²) in [4.78, 5) is 10.8. The van der Waals surface area contributed by atoms with Crippen molar-refractivity contribution < 1.29 is 17.9 Å². The van der Waals surface area contributed by atoms with Gasteiger partial charge < -0.3 is 21.1 Å². The van der Waals surface area contributed by atoms with E-state index in [1.54, 1.807) is 0 Å². The van der Waals surface area contributed by atoms with Gasteiger partial charge in [0.1, 0.15) is 41.5 Å². The Morgan fingerprint density at radius 2 is 2.17 bits per heavy atom. The highest BCUT2D eigenvalue weighted by Gasteiger charge is 2.27. The van der Waals surface area contributed by atoms with E-state index in [1.165, 1.54) is 18.2 Å². The molecule has 0 radical (unpaired) electrons. The number of hydrogen-bond donors (Lipinski definition) is 3. The molecule has 3 heterocycles. The smallest absolute Gasteiger partial charge is 0.319 e. The van der Waals surface area contributed by atoms with Crippen LogP contribution in [0.5, 0.6) is 6.01 Å². The second kappa shape index (κ2) is 12.0. The van der Waals surface area contributed by atoms with Crippen molar-refractivity contribution in [3.05, 3.63) is 52.8 Å². The van der Waals surface area contributed by atoms with Crippen molar-refractivity contribution in [2.45, 2.75) is 25.8 Å². The fourth-order valence-electron chi connectivity index (χ4n) is 5.15. The molecule has 2 aromatic carbocycles. The summed E-state index contributed by atoms with van der Waals surface area (Å²) in [7, 11) is 0. The first kappa shape index (κ1) is 28.7. The Morgan fingerprint density at radius 1 is 1.37 bits per heavy atom. The van der Waals surface area contributed by atoms with Crippen LogP contribution in [0.4, 0.5) is 24.0 Å². The lowest BCUT2D eigenvalue weighted by molar-refractivity contribution is 0.157. The minimum Gasteiger partial charge on any atom is -0.462 e. The minimum absolute atomic E-state index is 0.00114. The zero-order valence-electron chi connectivity index (χ0n) is 22.2. The molecule has 41 heavy (non-hydrogen) atoms. The number of nitrogens with zero attached hydrogens (tertiary/aromatic N) is 4. The first-order chi connectivity index (χ1) is 19.8. The number of likely N-dealkylation sites (tertiary alicyclic amines) is 1. The average Bonchev–Trinajstić information content (AvgIpc) is 3.53. The third-order valence-corrected chi connectivity index (χ3v) is 8.32. The van der Waals surface area contributed by atoms with Crippen molar-refractivity contribution in [3.63, 3.8) is 0 Å². The molecular formula is C28H27ClF3N7OS. The van der Waals surface area contributed by atoms with E-state index in [9.17, 15) is 14.0 Å². The number of hydrogen-bond acceptors (Lipinski definition) is 9. The van der Waals surface area contributed by atoms with Crippen molar-refractivity contribution in [1.29, 1.82) is 5.26 Å². The molecule has 1 atom stereocenters. The molecule has 0 spiro atoms. The number of alkyl halides is 1. The number of ether oxygens (including phenoxy) is 1. The van der Waals surface area contributed by atoms with Gasteiger partial charge in [-0.1, -0.05) is 24.2 Å². The number of nitriles is 1. The Hall–Kier alpha value is -3.79. The van der Waals surface area contributed by atoms with Crippen LogP contribution in [-0.4, -0.2) is 53.8 Å². The van der Waals surface area contributed by atoms with Gasteiger partial charge in [-0.3, -0.25) is 4.90 Å². The number of fused-ring (bicyclic) bond motifs is 2. The molecule has 8 nitrogen and oxygen atoms in total. The van der Waals surface area contributed by atoms with E-state index in [0.717, 1.165) is 30.7 Å². The molecule has 1 saturated heterocycles. The Kier molecular flexibility index (Phi) is 8.40. The molecular weight excluding hydrogens is 575 g/mol. The third kappa shape index (κ3) is 5.45. The van der Waals surface area contributed by atoms with Gasteiger partial charge in [0.05, 0.1) is 21.1 Å². The van der Waals surface area contributed by atoms with Gasteiger partial charge in [0.25, 0.3) is 0 Å². The Labute approximate surface area is 243 Å². The molecule has 5 rings (SSSR count). The lowest BCUT2D eigenvalue weighted by Crippen LogP contribution is -2.35. The zero-order valence-corrected chi connectivity index (χ0v) is 23.7. The summed E-state index contributed by atoms with van der Waals surface area (Å²) in [6.07, 6.45) is 1.75. The molecule has 1 aliphatic rings. The minimum atomic E-state index is -0.807. The first-order valence-electron chi connectivity index (χ1n) is 13.0. The number of benzene rings is 2. The van der Waals surface area contributed by atoms with Crippen molar-refractivity contribution >= 4 is 54.7 Å². The maximum Gasteiger partial charge on any atom is 0.319 e. The molecule has 2 aromatic heterocycles. The maximum atomic E-state index is 16.5. The molecule has 0 bridgehead atoms. The monoisotopic (exact) mass is 601 g/mol. The lowest BCUT2D eigenvalue weighted by Gasteiger charge is -2.23. The van der Waals surface area contributed by atoms with Crippen LogP contribution in [0.15, 0.2) is 30.6 Å². The Bertz CT molecular complexity index is 1690. The fourth-order valence-corrected chi connectivity index (χ4v) is 6.39. The van der Waals surface area contributed by atoms with E-state index in [4.69, 9.17) is 22.1 Å². The number of anilines is 2. The number of rotatable bonds is 10. The summed E-state index contributed by atoms with van der Waals surface area (Å²) in [5.41, 5.74) is 6.07. The molecule has 0 aliphatic carbocycles. The van der Waals surface area contributed by atoms with Crippen LogP contribution >= 0.6 is 22.9 Å². The van der Waals surface area contributed by atoms with Gasteiger partial charge in [-0.15, -0.1) is 11.3 Å². The van der Waals surface area contributed by atoms with E-state index in [0.29, 0.717) is 18.9 Å². The van der Waals surface area contributed by atoms with E-state index < -0.39 is 18.3 Å². The van der Waals surface area contributed by atoms with Gasteiger partial charge in [0, 0.05) is 35.5 Å². The van der Waals surface area contributed by atoms with Crippen molar-refractivity contribution in [3.8, 4) is 23.2 Å². The first-order valence-corrected chi connectivity index (χ1v) is 14.2. The van der Waals surface area contributed by atoms with Gasteiger partial charge in [-0.25, -0.2) is 13.2 Å². The number of thiophene rings is 1. The van der Waals surface area contributed by atoms with E-state index in [-0.39, 0.29) is 72.2 Å². The van der Waals surface area contributed by atoms with E-state index in [2.05, 4.69) is 27.2 Å². The average molecular weight is 602 g/mol. The van der Waals surface area contributed by atoms with Crippen LogP contribution in [0.3, 0.4) is 0 Å². The predicted molar refractivity (Wildman–Crippen MR) is 157 cm³/mol. The highest BCUT2D eigenvalue weighted by molar-refractivity contribution is 7.23. The van der Waals surface area contributed by atoms with Crippen LogP contribution in [0.25, 0.3) is 32.1 Å². The van der Waals surface area contributed by atoms with Crippen molar-refractivity contribution in [2.24, 2.45) is 0 Å². The highest BCUT2D eigenvalue weighted by Crippen LogP contribution is 2.45. The summed E-state index contributed by atoms with van der Waals surface area (Å²) < 4.78 is 50.2. The topological polar surface area (TPSA) is 112 Å². The molecule has 214 valence electrons. The molecule has 4 N–H and O–H groups in total. The Morgan fingerprint density at radius 3 is 2.90 bits per heavy atom. The normalized spacial score (nSPS) is 15.4. The van der Waals surface area contributed by atoms with E-state index in [1.807, 2.05) is 17.9 Å². The quantitative estimate of drug-likeness (QED) is 0.197. The number of nitrogens with two attached hydrogens (primary N) is 1. The number of halogens is 4. The second-order valence-corrected chi connectivity index (χ2v) is 11.0. The van der Waals surface area contributed by atoms with Crippen LogP contribution in [0.2, 0.25) is 5.02 Å². The van der Waals surface area contributed by atoms with E-state index >= 15 is 4.39 Å². The summed E-state index contributed by atoms with van der Waals surface area (Å²) in [6, 6.07) is 5.92. The maximum absolute atomic E-state index is 16.5. The van der Waals surface area contributed by atoms with Crippen LogP contribution in [-0.2, 0) is 0 Å². The lowest BCUT2D eigenvalue weighted by atomic mass is 9.97. The molecule has 1 fully saturated rings. The highest BCUT2D eigenvalue weighted by atomic mass is 35.5. The SMILES string of the molecule is C=C(NCC)Nc1nc(OCC2CCCN2CCF)nc2c(F)c(-c3ccc(F)c4sc(N)c(C#N)c34)c(Cl)cc12. The largest absolute Gasteiger partial charge is 0.462 e. The molecule has 0 amide bonds.